The van der Waals surface area contributed by atoms with Crippen molar-refractivity contribution >= 4 is 27.1 Å². The zero-order chi connectivity index (χ0) is 27.8. The molecule has 0 fully saturated rings. The van der Waals surface area contributed by atoms with Crippen LogP contribution in [0.2, 0.25) is 0 Å². The topological polar surface area (TPSA) is 108 Å². The van der Waals surface area contributed by atoms with Crippen molar-refractivity contribution in [2.45, 2.75) is 30.1 Å². The maximum atomic E-state index is 14.0. The number of anilines is 2. The van der Waals surface area contributed by atoms with Crippen LogP contribution in [0.3, 0.4) is 0 Å². The van der Waals surface area contributed by atoms with E-state index in [1.54, 1.807) is 36.4 Å². The van der Waals surface area contributed by atoms with Crippen LogP contribution in [0, 0.1) is 5.82 Å². The molecule has 0 saturated carbocycles. The number of aromatic amines is 1. The van der Waals surface area contributed by atoms with Crippen LogP contribution in [0.4, 0.5) is 28.9 Å². The minimum atomic E-state index is -4.79. The lowest BCUT2D eigenvalue weighted by Crippen LogP contribution is -2.36. The number of pyridine rings is 1. The summed E-state index contributed by atoms with van der Waals surface area (Å²) in [7, 11) is -3.85. The highest BCUT2D eigenvalue weighted by molar-refractivity contribution is 7.90. The molecule has 5 rings (SSSR count). The van der Waals surface area contributed by atoms with Gasteiger partial charge in [-0.05, 0) is 53.9 Å². The van der Waals surface area contributed by atoms with Crippen molar-refractivity contribution < 1.29 is 30.8 Å². The van der Waals surface area contributed by atoms with E-state index in [0.717, 1.165) is 23.3 Å². The number of H-pyrrole nitrogens is 1. The maximum Gasteiger partial charge on any atom is 0.419 e. The van der Waals surface area contributed by atoms with Crippen LogP contribution in [0.1, 0.15) is 32.9 Å². The highest BCUT2D eigenvalue weighted by Crippen LogP contribution is 2.34. The second-order valence-corrected chi connectivity index (χ2v) is 10.8. The van der Waals surface area contributed by atoms with Crippen molar-refractivity contribution in [2.24, 2.45) is 0 Å². The van der Waals surface area contributed by atoms with E-state index in [1.807, 2.05) is 0 Å². The first-order chi connectivity index (χ1) is 18.5. The van der Waals surface area contributed by atoms with Crippen LogP contribution in [-0.4, -0.2) is 40.7 Å². The number of aromatic nitrogens is 3. The van der Waals surface area contributed by atoms with Gasteiger partial charge in [0.1, 0.15) is 17.3 Å². The second-order valence-electron chi connectivity index (χ2n) is 8.91. The zero-order valence-corrected chi connectivity index (χ0v) is 21.0. The molecule has 2 N–H and O–H groups in total. The van der Waals surface area contributed by atoms with E-state index in [2.05, 4.69) is 20.3 Å². The molecule has 8 nitrogen and oxygen atoms in total. The van der Waals surface area contributed by atoms with E-state index in [-0.39, 0.29) is 35.4 Å². The quantitative estimate of drug-likeness (QED) is 0.326. The van der Waals surface area contributed by atoms with E-state index in [4.69, 9.17) is 0 Å². The van der Waals surface area contributed by atoms with Crippen molar-refractivity contribution in [3.8, 4) is 0 Å². The molecule has 202 valence electrons. The minimum absolute atomic E-state index is 0.0486. The molecule has 2 aromatic carbocycles. The van der Waals surface area contributed by atoms with Crippen molar-refractivity contribution in [3.63, 3.8) is 0 Å². The van der Waals surface area contributed by atoms with Gasteiger partial charge in [-0.15, -0.1) is 0 Å². The zero-order valence-electron chi connectivity index (χ0n) is 20.2. The van der Waals surface area contributed by atoms with Gasteiger partial charge in [0.2, 0.25) is 15.0 Å². The second kappa shape index (κ2) is 10.1. The van der Waals surface area contributed by atoms with Crippen molar-refractivity contribution in [2.75, 3.05) is 11.9 Å². The number of halogens is 4. The Morgan fingerprint density at radius 2 is 1.92 bits per heavy atom. The number of rotatable bonds is 6. The fourth-order valence-electron chi connectivity index (χ4n) is 4.36. The summed E-state index contributed by atoms with van der Waals surface area (Å²) in [6.07, 6.45) is -1.65. The molecule has 0 spiro atoms. The van der Waals surface area contributed by atoms with Crippen LogP contribution < -0.4 is 5.32 Å². The van der Waals surface area contributed by atoms with Crippen molar-refractivity contribution in [1.82, 2.24) is 19.9 Å². The van der Waals surface area contributed by atoms with Crippen LogP contribution in [0.15, 0.2) is 72.1 Å². The molecule has 0 aliphatic carbocycles. The molecular weight excluding hydrogens is 538 g/mol. The highest BCUT2D eigenvalue weighted by atomic mass is 32.2. The van der Waals surface area contributed by atoms with Crippen LogP contribution in [0.5, 0.6) is 0 Å². The Morgan fingerprint density at radius 1 is 1.10 bits per heavy atom. The Kier molecular flexibility index (Phi) is 6.85. The Balaban J connectivity index is 1.30. The molecule has 1 aliphatic rings. The molecule has 4 aromatic rings. The van der Waals surface area contributed by atoms with Crippen LogP contribution in [0.25, 0.3) is 0 Å². The molecule has 13 heteroatoms. The lowest BCUT2D eigenvalue weighted by Gasteiger charge is -2.30. The summed E-state index contributed by atoms with van der Waals surface area (Å²) in [5, 5.41) is 2.64. The van der Waals surface area contributed by atoms with Crippen molar-refractivity contribution in [1.29, 1.82) is 0 Å². The van der Waals surface area contributed by atoms with Gasteiger partial charge < -0.3 is 15.2 Å². The molecule has 0 saturated heterocycles. The highest BCUT2D eigenvalue weighted by Gasteiger charge is 2.34. The van der Waals surface area contributed by atoms with Crippen LogP contribution in [-0.2, 0) is 34.7 Å². The number of hydrogen-bond donors (Lipinski definition) is 2. The van der Waals surface area contributed by atoms with Gasteiger partial charge in [0.05, 0.1) is 11.3 Å². The monoisotopic (exact) mass is 559 g/mol. The Bertz CT molecular complexity index is 1640. The van der Waals surface area contributed by atoms with E-state index < -0.39 is 33.3 Å². The third-order valence-electron chi connectivity index (χ3n) is 6.24. The largest absolute Gasteiger partial charge is 0.419 e. The van der Waals surface area contributed by atoms with Gasteiger partial charge in [-0.3, -0.25) is 9.78 Å². The number of carbonyl (C=O) groups is 1. The first kappa shape index (κ1) is 26.4. The van der Waals surface area contributed by atoms with E-state index in [1.165, 1.54) is 17.3 Å². The minimum Gasteiger partial charge on any atom is -0.355 e. The number of nitrogens with zero attached hydrogens (tertiary/aromatic N) is 3. The van der Waals surface area contributed by atoms with Gasteiger partial charge in [-0.1, -0.05) is 18.2 Å². The summed E-state index contributed by atoms with van der Waals surface area (Å²) >= 11 is 0. The van der Waals surface area contributed by atoms with Gasteiger partial charge in [-0.2, -0.15) is 13.2 Å². The molecule has 0 atom stereocenters. The Hall–Kier alpha value is -4.26. The average molecular weight is 560 g/mol. The molecule has 2 aromatic heterocycles. The molecule has 39 heavy (non-hydrogen) atoms. The number of benzene rings is 2. The van der Waals surface area contributed by atoms with Gasteiger partial charge >= 0.3 is 6.18 Å². The van der Waals surface area contributed by atoms with Gasteiger partial charge in [0.15, 0.2) is 0 Å². The first-order valence-electron chi connectivity index (χ1n) is 11.7. The van der Waals surface area contributed by atoms with Crippen LogP contribution >= 0.6 is 0 Å². The summed E-state index contributed by atoms with van der Waals surface area (Å²) in [4.78, 5) is 25.3. The fourth-order valence-corrected chi connectivity index (χ4v) is 5.53. The third kappa shape index (κ3) is 5.62. The number of nitrogens with one attached hydrogen (secondary N) is 2. The lowest BCUT2D eigenvalue weighted by molar-refractivity contribution is -0.139. The number of carbonyl (C=O) groups excluding carboxylic acids is 1. The van der Waals surface area contributed by atoms with E-state index >= 15 is 0 Å². The predicted molar refractivity (Wildman–Crippen MR) is 133 cm³/mol. The molecule has 0 unspecified atom stereocenters. The van der Waals surface area contributed by atoms with E-state index in [9.17, 15) is 30.8 Å². The summed E-state index contributed by atoms with van der Waals surface area (Å²) < 4.78 is 78.1. The van der Waals surface area contributed by atoms with E-state index in [0.29, 0.717) is 23.9 Å². The standard InChI is InChI=1S/C26H21F4N5O3S/c27-21-12-17(7-8-20(21)26(28,29)30)33-22-6-3-4-16-14-35(11-9-19(16)22)24(36)23-13-32-25(34-23)39(37,38)15-18-5-1-2-10-31-18/h1-8,10,12-13,33H,9,11,14-15H2,(H,32,34). The van der Waals surface area contributed by atoms with Crippen molar-refractivity contribution in [3.05, 3.63) is 101 Å². The number of imidazole rings is 1. The van der Waals surface area contributed by atoms with Gasteiger partial charge in [-0.25, -0.2) is 17.8 Å². The number of hydrogen-bond acceptors (Lipinski definition) is 6. The fraction of sp³-hybridized carbons (Fsp3) is 0.192. The summed E-state index contributed by atoms with van der Waals surface area (Å²) in [5.74, 6) is -2.21. The Labute approximate surface area is 220 Å². The Morgan fingerprint density at radius 3 is 2.64 bits per heavy atom. The molecule has 1 amide bonds. The number of sulfone groups is 1. The third-order valence-corrected chi connectivity index (χ3v) is 7.71. The summed E-state index contributed by atoms with van der Waals surface area (Å²) in [6, 6.07) is 12.8. The molecular formula is C26H21F4N5O3S. The van der Waals surface area contributed by atoms with Gasteiger partial charge in [0.25, 0.3) is 5.91 Å². The molecule has 0 bridgehead atoms. The number of amides is 1. The lowest BCUT2D eigenvalue weighted by atomic mass is 9.97. The molecule has 0 radical (unpaired) electrons. The SMILES string of the molecule is O=C(c1c[nH]c(S(=O)(=O)Cc2ccccn2)n1)N1CCc2c(cccc2Nc2ccc(C(F)(F)F)c(F)c2)C1. The summed E-state index contributed by atoms with van der Waals surface area (Å²) in [6.45, 7) is 0.489. The molecule has 1 aliphatic heterocycles. The number of alkyl halides is 3. The number of fused-ring (bicyclic) bond motifs is 1. The van der Waals surface area contributed by atoms with Gasteiger partial charge in [0, 0.05) is 36.9 Å². The maximum absolute atomic E-state index is 14.0. The normalized spacial score (nSPS) is 13.7. The predicted octanol–water partition coefficient (Wildman–Crippen LogP) is 4.88. The smallest absolute Gasteiger partial charge is 0.355 e. The average Bonchev–Trinajstić information content (AvgIpc) is 3.39. The first-order valence-corrected chi connectivity index (χ1v) is 13.4. The molecule has 3 heterocycles. The summed E-state index contributed by atoms with van der Waals surface area (Å²) in [5.41, 5.74) is 1.31.